The van der Waals surface area contributed by atoms with Crippen molar-refractivity contribution < 1.29 is 9.52 Å². The maximum absolute atomic E-state index is 9.07. The van der Waals surface area contributed by atoms with Crippen LogP contribution in [-0.4, -0.2) is 21.0 Å². The summed E-state index contributed by atoms with van der Waals surface area (Å²) >= 11 is 6.31. The Labute approximate surface area is 103 Å². The van der Waals surface area contributed by atoms with E-state index < -0.39 is 13.5 Å². The molecule has 5 nitrogen and oxygen atoms in total. The number of nitrogens with two attached hydrogens (primary N) is 1. The van der Waals surface area contributed by atoms with Crippen LogP contribution in [0.25, 0.3) is 0 Å². The number of hydrogen-bond donors (Lipinski definition) is 2. The van der Waals surface area contributed by atoms with Gasteiger partial charge in [0.15, 0.2) is 0 Å². The number of rotatable bonds is 7. The summed E-state index contributed by atoms with van der Waals surface area (Å²) in [6.45, 7) is 5.57. The van der Waals surface area contributed by atoms with E-state index in [0.29, 0.717) is 19.3 Å². The number of nitriles is 1. The van der Waals surface area contributed by atoms with Gasteiger partial charge >= 0.3 is 0 Å². The highest BCUT2D eigenvalue weighted by Gasteiger charge is 2.33. The highest BCUT2D eigenvalue weighted by Crippen LogP contribution is 2.35. The summed E-state index contributed by atoms with van der Waals surface area (Å²) in [5.74, 6) is 0. The molecule has 0 aromatic heterocycles. The molecule has 0 fully saturated rings. The zero-order valence-electron chi connectivity index (χ0n) is 9.85. The second kappa shape index (κ2) is 7.39. The van der Waals surface area contributed by atoms with Crippen LogP contribution in [0.5, 0.6) is 0 Å². The van der Waals surface area contributed by atoms with Crippen LogP contribution in [-0.2, 0) is 4.62 Å². The first-order valence-electron chi connectivity index (χ1n) is 5.08. The molecule has 0 aliphatic carbocycles. The van der Waals surface area contributed by atoms with Crippen LogP contribution in [0.3, 0.4) is 0 Å². The highest BCUT2D eigenvalue weighted by molar-refractivity contribution is 7.43. The lowest BCUT2D eigenvalue weighted by Gasteiger charge is -2.38. The first-order chi connectivity index (χ1) is 7.31. The molecule has 0 radical (unpaired) electrons. The van der Waals surface area contributed by atoms with Crippen LogP contribution in [0.4, 0.5) is 0 Å². The molecule has 0 aliphatic heterocycles. The minimum absolute atomic E-state index is 0.00899. The van der Waals surface area contributed by atoms with Gasteiger partial charge in [0.1, 0.15) is 5.00 Å². The van der Waals surface area contributed by atoms with Gasteiger partial charge in [0.25, 0.3) is 8.53 Å². The standard InChI is InChI=1S/C9H19ClN3O2P/c1-8(2)13(15-16(12)14)9(3,10)6-4-5-7-11/h8,14H,4-6,12H2,1-3H3. The summed E-state index contributed by atoms with van der Waals surface area (Å²) in [7, 11) is -1.98. The Bertz CT molecular complexity index is 243. The normalized spacial score (nSPS) is 17.2. The number of unbranched alkanes of at least 4 members (excludes halogenated alkanes) is 1. The van der Waals surface area contributed by atoms with Crippen LogP contribution < -0.4 is 5.50 Å². The highest BCUT2D eigenvalue weighted by atomic mass is 35.5. The topological polar surface area (TPSA) is 82.5 Å². The van der Waals surface area contributed by atoms with Gasteiger partial charge in [0, 0.05) is 12.5 Å². The van der Waals surface area contributed by atoms with Crippen LogP contribution in [0.2, 0.25) is 0 Å². The molecule has 0 saturated heterocycles. The second-order valence-corrected chi connectivity index (χ2v) is 5.54. The number of alkyl halides is 1. The zero-order chi connectivity index (χ0) is 12.8. The van der Waals surface area contributed by atoms with Gasteiger partial charge in [-0.25, -0.2) is 4.62 Å². The fourth-order valence-corrected chi connectivity index (χ4v) is 2.37. The number of hydroxylamine groups is 2. The molecular weight excluding hydrogens is 249 g/mol. The van der Waals surface area contributed by atoms with E-state index >= 15 is 0 Å². The van der Waals surface area contributed by atoms with Gasteiger partial charge in [0.2, 0.25) is 0 Å². The van der Waals surface area contributed by atoms with Gasteiger partial charge in [-0.3, -0.25) is 5.50 Å². The molecule has 0 aromatic carbocycles. The van der Waals surface area contributed by atoms with E-state index in [1.807, 2.05) is 13.8 Å². The lowest BCUT2D eigenvalue weighted by molar-refractivity contribution is -0.133. The van der Waals surface area contributed by atoms with Crippen LogP contribution in [0.1, 0.15) is 40.0 Å². The van der Waals surface area contributed by atoms with E-state index in [0.717, 1.165) is 0 Å². The van der Waals surface area contributed by atoms with Crippen LogP contribution in [0, 0.1) is 11.3 Å². The predicted octanol–water partition coefficient (Wildman–Crippen LogP) is 2.46. The van der Waals surface area contributed by atoms with Gasteiger partial charge in [-0.2, -0.15) is 10.3 Å². The summed E-state index contributed by atoms with van der Waals surface area (Å²) in [5.41, 5.74) is 5.23. The molecular formula is C9H19ClN3O2P. The molecule has 2 atom stereocenters. The van der Waals surface area contributed by atoms with Gasteiger partial charge in [-0.15, -0.1) is 0 Å². The minimum Gasteiger partial charge on any atom is -0.337 e. The number of nitrogens with zero attached hydrogens (tertiary/aromatic N) is 2. The molecule has 0 aliphatic rings. The zero-order valence-corrected chi connectivity index (χ0v) is 11.5. The lowest BCUT2D eigenvalue weighted by Crippen LogP contribution is -2.45. The summed E-state index contributed by atoms with van der Waals surface area (Å²) in [6, 6.07) is 2.05. The smallest absolute Gasteiger partial charge is 0.268 e. The largest absolute Gasteiger partial charge is 0.337 e. The predicted molar refractivity (Wildman–Crippen MR) is 65.1 cm³/mol. The average molecular weight is 268 g/mol. The van der Waals surface area contributed by atoms with Gasteiger partial charge in [0.05, 0.1) is 6.07 Å². The number of halogens is 1. The summed E-state index contributed by atoms with van der Waals surface area (Å²) < 4.78 is 5.12. The summed E-state index contributed by atoms with van der Waals surface area (Å²) in [6.07, 6.45) is 1.71. The molecule has 2 unspecified atom stereocenters. The van der Waals surface area contributed by atoms with E-state index in [1.54, 1.807) is 6.92 Å². The van der Waals surface area contributed by atoms with Gasteiger partial charge in [-0.05, 0) is 33.6 Å². The number of hydrogen-bond acceptors (Lipinski definition) is 5. The third-order valence-electron chi connectivity index (χ3n) is 2.02. The average Bonchev–Trinajstić information content (AvgIpc) is 2.13. The SMILES string of the molecule is CC(C)N(OP(N)O)C(C)(Cl)CCCC#N. The Balaban J connectivity index is 4.44. The molecule has 0 heterocycles. The molecule has 0 spiro atoms. The van der Waals surface area contributed by atoms with Crippen molar-refractivity contribution in [2.45, 2.75) is 51.1 Å². The molecule has 0 rings (SSSR count). The first kappa shape index (κ1) is 16.1. The fraction of sp³-hybridized carbons (Fsp3) is 0.889. The minimum atomic E-state index is -1.98. The quantitative estimate of drug-likeness (QED) is 0.243. The molecule has 7 heteroatoms. The van der Waals surface area contributed by atoms with Crippen molar-refractivity contribution in [1.82, 2.24) is 5.06 Å². The van der Waals surface area contributed by atoms with Gasteiger partial charge < -0.3 is 4.89 Å². The van der Waals surface area contributed by atoms with Crippen LogP contribution in [0.15, 0.2) is 0 Å². The van der Waals surface area contributed by atoms with Crippen molar-refractivity contribution >= 4 is 20.1 Å². The summed E-state index contributed by atoms with van der Waals surface area (Å²) in [5, 5.41) is 9.95. The van der Waals surface area contributed by atoms with Crippen molar-refractivity contribution in [3.8, 4) is 6.07 Å². The van der Waals surface area contributed by atoms with E-state index in [9.17, 15) is 0 Å². The Morgan fingerprint density at radius 3 is 2.62 bits per heavy atom. The van der Waals surface area contributed by atoms with Gasteiger partial charge in [-0.1, -0.05) is 11.6 Å². The molecule has 3 N–H and O–H groups in total. The molecule has 0 bridgehead atoms. The van der Waals surface area contributed by atoms with Crippen molar-refractivity contribution in [3.05, 3.63) is 0 Å². The first-order valence-corrected chi connectivity index (χ1v) is 6.74. The second-order valence-electron chi connectivity index (χ2n) is 3.96. The molecule has 16 heavy (non-hydrogen) atoms. The molecule has 0 aromatic rings. The Kier molecular flexibility index (Phi) is 7.41. The van der Waals surface area contributed by atoms with Crippen molar-refractivity contribution in [1.29, 1.82) is 5.26 Å². The van der Waals surface area contributed by atoms with E-state index in [-0.39, 0.29) is 6.04 Å². The maximum atomic E-state index is 9.07. The van der Waals surface area contributed by atoms with Crippen LogP contribution >= 0.6 is 20.1 Å². The van der Waals surface area contributed by atoms with Crippen molar-refractivity contribution in [2.24, 2.45) is 5.50 Å². The summed E-state index contributed by atoms with van der Waals surface area (Å²) in [4.78, 5) is 8.30. The van der Waals surface area contributed by atoms with Crippen molar-refractivity contribution in [2.75, 3.05) is 0 Å². The van der Waals surface area contributed by atoms with Crippen molar-refractivity contribution in [3.63, 3.8) is 0 Å². The maximum Gasteiger partial charge on any atom is 0.268 e. The third-order valence-corrected chi connectivity index (χ3v) is 2.72. The van der Waals surface area contributed by atoms with E-state index in [2.05, 4.69) is 6.07 Å². The molecule has 0 saturated carbocycles. The molecule has 0 amide bonds. The third kappa shape index (κ3) is 5.95. The fourth-order valence-electron chi connectivity index (χ4n) is 1.41. The monoisotopic (exact) mass is 267 g/mol. The van der Waals surface area contributed by atoms with E-state index in [1.165, 1.54) is 5.06 Å². The molecule has 94 valence electrons. The lowest BCUT2D eigenvalue weighted by atomic mass is 10.1. The Hall–Kier alpha value is 0.0500. The Morgan fingerprint density at radius 1 is 1.69 bits per heavy atom. The Morgan fingerprint density at radius 2 is 2.25 bits per heavy atom. The van der Waals surface area contributed by atoms with E-state index in [4.69, 9.17) is 31.9 Å².